The van der Waals surface area contributed by atoms with Gasteiger partial charge in [-0.05, 0) is 36.1 Å². The summed E-state index contributed by atoms with van der Waals surface area (Å²) >= 11 is 0. The van der Waals surface area contributed by atoms with Gasteiger partial charge in [0.15, 0.2) is 0 Å². The molecule has 102 valence electrons. The van der Waals surface area contributed by atoms with Crippen LogP contribution >= 0.6 is 0 Å². The largest absolute Gasteiger partial charge is 0.341 e. The maximum atomic E-state index is 12.0. The lowest BCUT2D eigenvalue weighted by Gasteiger charge is -2.12. The van der Waals surface area contributed by atoms with Crippen LogP contribution in [0.15, 0.2) is 30.7 Å². The number of hydrogen-bond acceptors (Lipinski definition) is 3. The molecule has 1 aromatic heterocycles. The Bertz CT molecular complexity index is 646. The van der Waals surface area contributed by atoms with Crippen molar-refractivity contribution >= 4 is 11.6 Å². The Hall–Kier alpha value is -2.14. The van der Waals surface area contributed by atoms with Gasteiger partial charge in [0.25, 0.3) is 5.91 Å². The lowest BCUT2D eigenvalue weighted by molar-refractivity contribution is 0.102. The van der Waals surface area contributed by atoms with Crippen LogP contribution in [0.5, 0.6) is 0 Å². The predicted molar refractivity (Wildman–Crippen MR) is 75.3 cm³/mol. The Morgan fingerprint density at radius 1 is 1.30 bits per heavy atom. The van der Waals surface area contributed by atoms with Gasteiger partial charge in [0.1, 0.15) is 5.69 Å². The molecule has 0 bridgehead atoms. The number of amides is 1. The highest BCUT2D eigenvalue weighted by Crippen LogP contribution is 2.35. The van der Waals surface area contributed by atoms with Gasteiger partial charge in [-0.1, -0.05) is 6.07 Å². The van der Waals surface area contributed by atoms with Gasteiger partial charge in [-0.15, -0.1) is 0 Å². The maximum absolute atomic E-state index is 12.0. The van der Waals surface area contributed by atoms with Crippen LogP contribution < -0.4 is 5.32 Å². The lowest BCUT2D eigenvalue weighted by Crippen LogP contribution is -2.18. The molecule has 5 nitrogen and oxygen atoms in total. The quantitative estimate of drug-likeness (QED) is 0.896. The number of nitrogens with one attached hydrogen (secondary N) is 2. The number of benzene rings is 1. The Kier molecular flexibility index (Phi) is 2.60. The first kappa shape index (κ1) is 11.7. The number of hydrogen-bond donors (Lipinski definition) is 2. The van der Waals surface area contributed by atoms with Crippen LogP contribution in [0.1, 0.15) is 34.5 Å². The van der Waals surface area contributed by atoms with Crippen LogP contribution in [-0.4, -0.2) is 26.8 Å². The first-order valence-electron chi connectivity index (χ1n) is 6.95. The van der Waals surface area contributed by atoms with E-state index >= 15 is 0 Å². The lowest BCUT2D eigenvalue weighted by atomic mass is 10.1. The SMILES string of the molecule is O=C(Nc1ccc2c(c1)CN(C1CC1)C2)c1cnc[nH]1. The molecule has 4 rings (SSSR count). The minimum Gasteiger partial charge on any atom is -0.341 e. The number of aromatic nitrogens is 2. The molecule has 0 spiro atoms. The molecule has 2 aliphatic rings. The van der Waals surface area contributed by atoms with Crippen LogP contribution in [-0.2, 0) is 13.1 Å². The predicted octanol–water partition coefficient (Wildman–Crippen LogP) is 2.14. The van der Waals surface area contributed by atoms with E-state index in [4.69, 9.17) is 0 Å². The summed E-state index contributed by atoms with van der Waals surface area (Å²) < 4.78 is 0. The molecule has 2 aromatic rings. The van der Waals surface area contributed by atoms with Gasteiger partial charge in [-0.2, -0.15) is 0 Å². The highest BCUT2D eigenvalue weighted by Gasteiger charge is 2.32. The van der Waals surface area contributed by atoms with Crippen molar-refractivity contribution in [1.29, 1.82) is 0 Å². The fourth-order valence-electron chi connectivity index (χ4n) is 2.77. The molecule has 0 radical (unpaired) electrons. The average molecular weight is 268 g/mol. The van der Waals surface area contributed by atoms with Crippen LogP contribution in [0.4, 0.5) is 5.69 Å². The highest BCUT2D eigenvalue weighted by molar-refractivity contribution is 6.02. The van der Waals surface area contributed by atoms with Crippen molar-refractivity contribution in [3.63, 3.8) is 0 Å². The zero-order valence-corrected chi connectivity index (χ0v) is 11.1. The average Bonchev–Trinajstić information content (AvgIpc) is 3.00. The molecule has 20 heavy (non-hydrogen) atoms. The molecule has 1 amide bonds. The van der Waals surface area contributed by atoms with Gasteiger partial charge < -0.3 is 10.3 Å². The van der Waals surface area contributed by atoms with Gasteiger partial charge in [-0.3, -0.25) is 9.69 Å². The topological polar surface area (TPSA) is 61.0 Å². The zero-order valence-electron chi connectivity index (χ0n) is 11.1. The number of fused-ring (bicyclic) bond motifs is 1. The first-order chi connectivity index (χ1) is 9.79. The molecule has 1 aliphatic carbocycles. The van der Waals surface area contributed by atoms with Crippen LogP contribution in [0, 0.1) is 0 Å². The summed E-state index contributed by atoms with van der Waals surface area (Å²) in [5.41, 5.74) is 4.04. The number of anilines is 1. The Morgan fingerprint density at radius 2 is 2.15 bits per heavy atom. The number of aromatic amines is 1. The third-order valence-corrected chi connectivity index (χ3v) is 4.02. The van der Waals surface area contributed by atoms with Crippen LogP contribution in [0.3, 0.4) is 0 Å². The van der Waals surface area contributed by atoms with Crippen molar-refractivity contribution in [3.8, 4) is 0 Å². The van der Waals surface area contributed by atoms with Gasteiger partial charge in [0.2, 0.25) is 0 Å². The number of imidazole rings is 1. The van der Waals surface area contributed by atoms with Crippen LogP contribution in [0.2, 0.25) is 0 Å². The van der Waals surface area contributed by atoms with Crippen molar-refractivity contribution < 1.29 is 4.79 Å². The zero-order chi connectivity index (χ0) is 13.5. The van der Waals surface area contributed by atoms with E-state index in [0.717, 1.165) is 24.8 Å². The van der Waals surface area contributed by atoms with E-state index in [1.54, 1.807) is 0 Å². The second-order valence-corrected chi connectivity index (χ2v) is 5.54. The molecule has 5 heteroatoms. The molecular formula is C15H16N4O. The second kappa shape index (κ2) is 4.45. The summed E-state index contributed by atoms with van der Waals surface area (Å²) in [5, 5.41) is 2.91. The monoisotopic (exact) mass is 268 g/mol. The number of H-pyrrole nitrogens is 1. The van der Waals surface area contributed by atoms with E-state index in [9.17, 15) is 4.79 Å². The van der Waals surface area contributed by atoms with Crippen molar-refractivity contribution in [1.82, 2.24) is 14.9 Å². The van der Waals surface area contributed by atoms with Crippen LogP contribution in [0.25, 0.3) is 0 Å². The van der Waals surface area contributed by atoms with Crippen molar-refractivity contribution in [2.24, 2.45) is 0 Å². The smallest absolute Gasteiger partial charge is 0.273 e. The molecule has 0 saturated heterocycles. The highest BCUT2D eigenvalue weighted by atomic mass is 16.1. The van der Waals surface area contributed by atoms with Gasteiger partial charge in [-0.25, -0.2) is 4.98 Å². The van der Waals surface area contributed by atoms with E-state index in [2.05, 4.69) is 32.3 Å². The van der Waals surface area contributed by atoms with Gasteiger partial charge >= 0.3 is 0 Å². The summed E-state index contributed by atoms with van der Waals surface area (Å²) in [6.45, 7) is 2.06. The van der Waals surface area contributed by atoms with Gasteiger partial charge in [0.05, 0.1) is 12.5 Å². The standard InChI is InChI=1S/C15H16N4O/c20-15(14-6-16-9-17-14)18-12-2-1-10-7-19(13-3-4-13)8-11(10)5-12/h1-2,5-6,9,13H,3-4,7-8H2,(H,16,17)(H,18,20). The Morgan fingerprint density at radius 3 is 2.90 bits per heavy atom. The third kappa shape index (κ3) is 2.10. The van der Waals surface area contributed by atoms with E-state index < -0.39 is 0 Å². The number of rotatable bonds is 3. The Labute approximate surface area is 117 Å². The fraction of sp³-hybridized carbons (Fsp3) is 0.333. The van der Waals surface area contributed by atoms with E-state index in [-0.39, 0.29) is 5.91 Å². The number of nitrogens with zero attached hydrogens (tertiary/aromatic N) is 2. The van der Waals surface area contributed by atoms with Gasteiger partial charge in [0, 0.05) is 24.8 Å². The van der Waals surface area contributed by atoms with Crippen molar-refractivity contribution in [2.75, 3.05) is 5.32 Å². The normalized spacial score (nSPS) is 18.0. The fourth-order valence-corrected chi connectivity index (χ4v) is 2.77. The molecule has 2 N–H and O–H groups in total. The third-order valence-electron chi connectivity index (χ3n) is 4.02. The molecule has 2 heterocycles. The molecule has 0 unspecified atom stereocenters. The molecule has 1 fully saturated rings. The second-order valence-electron chi connectivity index (χ2n) is 5.54. The summed E-state index contributed by atoms with van der Waals surface area (Å²) in [5.74, 6) is -0.153. The number of carbonyl (C=O) groups is 1. The number of carbonyl (C=O) groups excluding carboxylic acids is 1. The molecule has 1 saturated carbocycles. The minimum absolute atomic E-state index is 0.153. The molecule has 1 aliphatic heterocycles. The summed E-state index contributed by atoms with van der Waals surface area (Å²) in [7, 11) is 0. The summed E-state index contributed by atoms with van der Waals surface area (Å²) in [6, 6.07) is 6.97. The minimum atomic E-state index is -0.153. The first-order valence-corrected chi connectivity index (χ1v) is 6.95. The Balaban J connectivity index is 1.50. The maximum Gasteiger partial charge on any atom is 0.273 e. The molecular weight excluding hydrogens is 252 g/mol. The summed E-state index contributed by atoms with van der Waals surface area (Å²) in [6.07, 6.45) is 5.69. The summed E-state index contributed by atoms with van der Waals surface area (Å²) in [4.78, 5) is 21.1. The van der Waals surface area contributed by atoms with Crippen molar-refractivity contribution in [3.05, 3.63) is 47.5 Å². The van der Waals surface area contributed by atoms with Crippen molar-refractivity contribution in [2.45, 2.75) is 32.0 Å². The van der Waals surface area contributed by atoms with E-state index in [1.165, 1.54) is 36.5 Å². The molecule has 0 atom stereocenters. The molecule has 1 aromatic carbocycles. The van der Waals surface area contributed by atoms with E-state index in [1.807, 2.05) is 6.07 Å². The van der Waals surface area contributed by atoms with E-state index in [0.29, 0.717) is 5.69 Å².